The van der Waals surface area contributed by atoms with Crippen molar-refractivity contribution in [3.05, 3.63) is 52.3 Å². The molecular weight excluding hydrogens is 279 g/mol. The van der Waals surface area contributed by atoms with Crippen LogP contribution in [-0.4, -0.2) is 14.9 Å². The molecular formula is C11H6F3N3O3. The van der Waals surface area contributed by atoms with Crippen LogP contribution in [0.5, 0.6) is 11.8 Å². The summed E-state index contributed by atoms with van der Waals surface area (Å²) in [6, 6.07) is 3.85. The molecule has 0 saturated carbocycles. The first-order chi connectivity index (χ1) is 9.36. The van der Waals surface area contributed by atoms with Gasteiger partial charge in [-0.25, -0.2) is 0 Å². The van der Waals surface area contributed by atoms with Crippen LogP contribution in [0.4, 0.5) is 18.9 Å². The molecule has 0 aliphatic heterocycles. The highest BCUT2D eigenvalue weighted by Gasteiger charge is 2.30. The van der Waals surface area contributed by atoms with Crippen molar-refractivity contribution >= 4 is 5.69 Å². The number of aromatic nitrogens is 2. The zero-order valence-electron chi connectivity index (χ0n) is 9.66. The Morgan fingerprint density at radius 1 is 1.20 bits per heavy atom. The number of hydrogen-bond acceptors (Lipinski definition) is 5. The fourth-order valence-electron chi connectivity index (χ4n) is 1.30. The van der Waals surface area contributed by atoms with Crippen LogP contribution in [0.2, 0.25) is 0 Å². The Labute approximate surface area is 110 Å². The number of rotatable bonds is 3. The van der Waals surface area contributed by atoms with Gasteiger partial charge in [-0.2, -0.15) is 23.1 Å². The van der Waals surface area contributed by atoms with Gasteiger partial charge >= 0.3 is 17.9 Å². The van der Waals surface area contributed by atoms with Crippen LogP contribution in [0.1, 0.15) is 5.56 Å². The van der Waals surface area contributed by atoms with Gasteiger partial charge in [-0.15, -0.1) is 0 Å². The molecule has 1 aromatic heterocycles. The van der Waals surface area contributed by atoms with Crippen LogP contribution in [-0.2, 0) is 6.18 Å². The Morgan fingerprint density at radius 3 is 2.40 bits per heavy atom. The van der Waals surface area contributed by atoms with Crippen molar-refractivity contribution in [1.29, 1.82) is 0 Å². The third kappa shape index (κ3) is 3.19. The van der Waals surface area contributed by atoms with Crippen LogP contribution in [0.25, 0.3) is 0 Å². The maximum atomic E-state index is 12.5. The molecule has 1 aromatic carbocycles. The molecule has 1 heterocycles. The minimum atomic E-state index is -4.49. The van der Waals surface area contributed by atoms with Crippen molar-refractivity contribution in [3.63, 3.8) is 0 Å². The summed E-state index contributed by atoms with van der Waals surface area (Å²) in [5.74, 6) is -0.117. The second kappa shape index (κ2) is 5.11. The Balaban J connectivity index is 2.20. The van der Waals surface area contributed by atoms with Gasteiger partial charge in [-0.3, -0.25) is 10.1 Å². The summed E-state index contributed by atoms with van der Waals surface area (Å²) in [7, 11) is 0. The second-order valence-electron chi connectivity index (χ2n) is 3.61. The largest absolute Gasteiger partial charge is 0.424 e. The van der Waals surface area contributed by atoms with Gasteiger partial charge in [0.05, 0.1) is 10.5 Å². The Kier molecular flexibility index (Phi) is 3.51. The first-order valence-electron chi connectivity index (χ1n) is 5.18. The minimum Gasteiger partial charge on any atom is -0.424 e. The van der Waals surface area contributed by atoms with Gasteiger partial charge in [0.25, 0.3) is 0 Å². The van der Waals surface area contributed by atoms with Crippen molar-refractivity contribution in [2.75, 3.05) is 0 Å². The van der Waals surface area contributed by atoms with Crippen molar-refractivity contribution in [3.8, 4) is 11.8 Å². The van der Waals surface area contributed by atoms with Gasteiger partial charge in [0, 0.05) is 0 Å². The predicted molar refractivity (Wildman–Crippen MR) is 60.2 cm³/mol. The van der Waals surface area contributed by atoms with Crippen molar-refractivity contribution < 1.29 is 22.8 Å². The summed E-state index contributed by atoms with van der Waals surface area (Å²) in [6.07, 6.45) is -2.69. The smallest absolute Gasteiger partial charge is 0.416 e. The summed E-state index contributed by atoms with van der Waals surface area (Å²) in [5.41, 5.74) is -1.22. The Bertz CT molecular complexity index is 629. The third-order valence-electron chi connectivity index (χ3n) is 2.20. The van der Waals surface area contributed by atoms with Gasteiger partial charge in [0.15, 0.2) is 0 Å². The molecule has 0 amide bonds. The molecule has 104 valence electrons. The monoisotopic (exact) mass is 285 g/mol. The topological polar surface area (TPSA) is 78.2 Å². The quantitative estimate of drug-likeness (QED) is 0.639. The van der Waals surface area contributed by atoms with Crippen LogP contribution >= 0.6 is 0 Å². The fraction of sp³-hybridized carbons (Fsp3) is 0.0909. The molecule has 2 rings (SSSR count). The molecule has 0 unspecified atom stereocenters. The minimum absolute atomic E-state index is 0.117. The highest BCUT2D eigenvalue weighted by molar-refractivity contribution is 5.32. The van der Waals surface area contributed by atoms with E-state index < -0.39 is 16.7 Å². The summed E-state index contributed by atoms with van der Waals surface area (Å²) >= 11 is 0. The summed E-state index contributed by atoms with van der Waals surface area (Å²) in [4.78, 5) is 16.7. The SMILES string of the molecule is O=[N+]([O-])c1cnc(Oc2cccc(C(F)(F)F)c2)nc1. The molecule has 0 aliphatic carbocycles. The predicted octanol–water partition coefficient (Wildman–Crippen LogP) is 3.20. The zero-order valence-corrected chi connectivity index (χ0v) is 9.66. The molecule has 0 radical (unpaired) electrons. The van der Waals surface area contributed by atoms with E-state index in [9.17, 15) is 23.3 Å². The van der Waals surface area contributed by atoms with Crippen LogP contribution < -0.4 is 4.74 Å². The standard InChI is InChI=1S/C11H6F3N3O3/c12-11(13,14)7-2-1-3-9(4-7)20-10-15-5-8(6-16-10)17(18)19/h1-6H. The molecule has 0 atom stereocenters. The maximum Gasteiger partial charge on any atom is 0.416 e. The number of halogens is 3. The van der Waals surface area contributed by atoms with Gasteiger partial charge in [-0.1, -0.05) is 6.07 Å². The highest BCUT2D eigenvalue weighted by atomic mass is 19.4. The van der Waals surface area contributed by atoms with E-state index in [0.717, 1.165) is 24.5 Å². The number of alkyl halides is 3. The lowest BCUT2D eigenvalue weighted by Crippen LogP contribution is -2.04. The lowest BCUT2D eigenvalue weighted by molar-refractivity contribution is -0.385. The highest BCUT2D eigenvalue weighted by Crippen LogP contribution is 2.32. The maximum absolute atomic E-state index is 12.5. The van der Waals surface area contributed by atoms with E-state index in [-0.39, 0.29) is 17.4 Å². The molecule has 0 fully saturated rings. The van der Waals surface area contributed by atoms with Crippen molar-refractivity contribution in [2.45, 2.75) is 6.18 Å². The average Bonchev–Trinajstić information content (AvgIpc) is 2.38. The molecule has 6 nitrogen and oxygen atoms in total. The van der Waals surface area contributed by atoms with E-state index in [1.165, 1.54) is 12.1 Å². The van der Waals surface area contributed by atoms with Gasteiger partial charge in [0.2, 0.25) is 0 Å². The van der Waals surface area contributed by atoms with Crippen molar-refractivity contribution in [1.82, 2.24) is 9.97 Å². The Morgan fingerprint density at radius 2 is 1.85 bits per heavy atom. The lowest BCUT2D eigenvalue weighted by atomic mass is 10.2. The first kappa shape index (κ1) is 13.7. The zero-order chi connectivity index (χ0) is 14.8. The summed E-state index contributed by atoms with van der Waals surface area (Å²) < 4.78 is 42.5. The third-order valence-corrected chi connectivity index (χ3v) is 2.20. The normalized spacial score (nSPS) is 11.2. The second-order valence-corrected chi connectivity index (χ2v) is 3.61. The van der Waals surface area contributed by atoms with E-state index in [0.29, 0.717) is 0 Å². The molecule has 20 heavy (non-hydrogen) atoms. The van der Waals surface area contributed by atoms with E-state index in [1.54, 1.807) is 0 Å². The molecule has 0 spiro atoms. The van der Waals surface area contributed by atoms with Crippen LogP contribution in [0.15, 0.2) is 36.7 Å². The molecule has 0 saturated heterocycles. The molecule has 0 bridgehead atoms. The van der Waals surface area contributed by atoms with Crippen LogP contribution in [0, 0.1) is 10.1 Å². The van der Waals surface area contributed by atoms with E-state index in [1.807, 2.05) is 0 Å². The number of ether oxygens (including phenoxy) is 1. The number of nitrogens with zero attached hydrogens (tertiary/aromatic N) is 3. The van der Waals surface area contributed by atoms with E-state index in [2.05, 4.69) is 9.97 Å². The number of hydrogen-bond donors (Lipinski definition) is 0. The van der Waals surface area contributed by atoms with E-state index in [4.69, 9.17) is 4.74 Å². The van der Waals surface area contributed by atoms with Gasteiger partial charge < -0.3 is 4.74 Å². The number of nitro groups is 1. The van der Waals surface area contributed by atoms with E-state index >= 15 is 0 Å². The molecule has 0 aliphatic rings. The van der Waals surface area contributed by atoms with Gasteiger partial charge in [-0.05, 0) is 18.2 Å². The fourth-order valence-corrected chi connectivity index (χ4v) is 1.30. The lowest BCUT2D eigenvalue weighted by Gasteiger charge is -2.08. The first-order valence-corrected chi connectivity index (χ1v) is 5.18. The summed E-state index contributed by atoms with van der Waals surface area (Å²) in [6.45, 7) is 0. The van der Waals surface area contributed by atoms with Crippen LogP contribution in [0.3, 0.4) is 0 Å². The van der Waals surface area contributed by atoms with Gasteiger partial charge in [0.1, 0.15) is 18.1 Å². The Hall–Kier alpha value is -2.71. The number of benzene rings is 1. The molecule has 2 aromatic rings. The summed E-state index contributed by atoms with van der Waals surface area (Å²) in [5, 5.41) is 10.4. The molecule has 9 heteroatoms. The molecule has 0 N–H and O–H groups in total. The van der Waals surface area contributed by atoms with Crippen molar-refractivity contribution in [2.24, 2.45) is 0 Å². The average molecular weight is 285 g/mol.